The molecule has 0 aliphatic carbocycles. The first-order chi connectivity index (χ1) is 10.8. The van der Waals surface area contributed by atoms with Crippen LogP contribution in [0.5, 0.6) is 5.75 Å². The number of nitrogens with zero attached hydrogens (tertiary/aromatic N) is 1. The van der Waals surface area contributed by atoms with E-state index in [-0.39, 0.29) is 10.8 Å². The molecule has 0 aliphatic rings. The monoisotopic (exact) mass is 342 g/mol. The molecule has 1 aromatic carbocycles. The van der Waals surface area contributed by atoms with Crippen molar-refractivity contribution in [3.63, 3.8) is 0 Å². The zero-order valence-corrected chi connectivity index (χ0v) is 14.8. The van der Waals surface area contributed by atoms with Gasteiger partial charge in [0.1, 0.15) is 5.75 Å². The molecule has 0 aromatic heterocycles. The highest BCUT2D eigenvalue weighted by molar-refractivity contribution is 7.90. The molecule has 1 rings (SSSR count). The Morgan fingerprint density at radius 2 is 2.09 bits per heavy atom. The average Bonchev–Trinajstić information content (AvgIpc) is 2.50. The summed E-state index contributed by atoms with van der Waals surface area (Å²) in [4.78, 5) is 13.8. The number of rotatable bonds is 9. The van der Waals surface area contributed by atoms with Crippen molar-refractivity contribution in [2.75, 3.05) is 26.5 Å². The first-order valence-corrected chi connectivity index (χ1v) is 9.58. The van der Waals surface area contributed by atoms with Crippen LogP contribution in [0.25, 0.3) is 0 Å². The third-order valence-corrected chi connectivity index (χ3v) is 4.54. The van der Waals surface area contributed by atoms with Crippen LogP contribution in [0.15, 0.2) is 29.2 Å². The van der Waals surface area contributed by atoms with Crippen molar-refractivity contribution in [2.24, 2.45) is 5.73 Å². The Bertz CT molecular complexity index is 616. The zero-order chi connectivity index (χ0) is 17.5. The SMILES string of the molecule is CCCC(N)C(=O)N(C)CCCOc1cccc(S(C)(=O)=O)c1. The summed E-state index contributed by atoms with van der Waals surface area (Å²) in [5, 5.41) is 0. The van der Waals surface area contributed by atoms with Crippen LogP contribution < -0.4 is 10.5 Å². The standard InChI is InChI=1S/C16H26N2O4S/c1-4-7-15(17)16(19)18(2)10-6-11-22-13-8-5-9-14(12-13)23(3,20)21/h5,8-9,12,15H,4,6-7,10-11,17H2,1-3H3. The van der Waals surface area contributed by atoms with E-state index in [9.17, 15) is 13.2 Å². The van der Waals surface area contributed by atoms with Crippen molar-refractivity contribution in [1.82, 2.24) is 4.90 Å². The number of benzene rings is 1. The largest absolute Gasteiger partial charge is 0.493 e. The Hall–Kier alpha value is -1.60. The van der Waals surface area contributed by atoms with Gasteiger partial charge >= 0.3 is 0 Å². The minimum absolute atomic E-state index is 0.0640. The molecule has 0 saturated carbocycles. The van der Waals surface area contributed by atoms with Gasteiger partial charge in [-0.05, 0) is 31.0 Å². The van der Waals surface area contributed by atoms with Crippen molar-refractivity contribution in [1.29, 1.82) is 0 Å². The summed E-state index contributed by atoms with van der Waals surface area (Å²) in [6.07, 6.45) is 3.36. The molecule has 1 atom stereocenters. The van der Waals surface area contributed by atoms with Crippen LogP contribution in [-0.2, 0) is 14.6 Å². The second-order valence-electron chi connectivity index (χ2n) is 5.60. The Labute approximate surface area is 138 Å². The number of likely N-dealkylation sites (N-methyl/N-ethyl adjacent to an activating group) is 1. The van der Waals surface area contributed by atoms with E-state index in [0.29, 0.717) is 31.7 Å². The summed E-state index contributed by atoms with van der Waals surface area (Å²) in [5.74, 6) is 0.440. The zero-order valence-electron chi connectivity index (χ0n) is 14.0. The second-order valence-corrected chi connectivity index (χ2v) is 7.62. The first-order valence-electron chi connectivity index (χ1n) is 7.69. The van der Waals surface area contributed by atoms with Gasteiger partial charge in [-0.3, -0.25) is 4.79 Å². The number of sulfone groups is 1. The van der Waals surface area contributed by atoms with Crippen LogP contribution in [0.4, 0.5) is 0 Å². The van der Waals surface area contributed by atoms with E-state index in [1.807, 2.05) is 6.92 Å². The summed E-state index contributed by atoms with van der Waals surface area (Å²) in [7, 11) is -1.52. The van der Waals surface area contributed by atoms with E-state index >= 15 is 0 Å². The average molecular weight is 342 g/mol. The molecule has 2 N–H and O–H groups in total. The Morgan fingerprint density at radius 1 is 1.39 bits per heavy atom. The highest BCUT2D eigenvalue weighted by atomic mass is 32.2. The van der Waals surface area contributed by atoms with Gasteiger partial charge in [-0.15, -0.1) is 0 Å². The van der Waals surface area contributed by atoms with Gasteiger partial charge in [0.2, 0.25) is 5.91 Å². The van der Waals surface area contributed by atoms with E-state index in [4.69, 9.17) is 10.5 Å². The fourth-order valence-electron chi connectivity index (χ4n) is 2.11. The lowest BCUT2D eigenvalue weighted by Gasteiger charge is -2.21. The van der Waals surface area contributed by atoms with Crippen molar-refractivity contribution in [2.45, 2.75) is 37.1 Å². The number of amides is 1. The molecule has 0 spiro atoms. The van der Waals surface area contributed by atoms with Crippen LogP contribution in [0.3, 0.4) is 0 Å². The molecule has 0 saturated heterocycles. The highest BCUT2D eigenvalue weighted by Gasteiger charge is 2.16. The quantitative estimate of drug-likeness (QED) is 0.686. The molecule has 1 amide bonds. The molecule has 7 heteroatoms. The molecule has 23 heavy (non-hydrogen) atoms. The molecule has 0 radical (unpaired) electrons. The summed E-state index contributed by atoms with van der Waals surface area (Å²) < 4.78 is 28.5. The minimum Gasteiger partial charge on any atom is -0.493 e. The topological polar surface area (TPSA) is 89.7 Å². The molecule has 0 aliphatic heterocycles. The first kappa shape index (κ1) is 19.4. The Morgan fingerprint density at radius 3 is 2.70 bits per heavy atom. The summed E-state index contributed by atoms with van der Waals surface area (Å²) >= 11 is 0. The number of carbonyl (C=O) groups is 1. The normalized spacial score (nSPS) is 12.7. The molecular weight excluding hydrogens is 316 g/mol. The Kier molecular flexibility index (Phi) is 7.51. The third kappa shape index (κ3) is 6.58. The summed E-state index contributed by atoms with van der Waals surface area (Å²) in [6.45, 7) is 2.93. The molecule has 1 aromatic rings. The minimum atomic E-state index is -3.24. The molecular formula is C16H26N2O4S. The number of hydrogen-bond acceptors (Lipinski definition) is 5. The van der Waals surface area contributed by atoms with Gasteiger partial charge in [-0.25, -0.2) is 8.42 Å². The predicted octanol–water partition coefficient (Wildman–Crippen LogP) is 1.44. The van der Waals surface area contributed by atoms with Crippen LogP contribution in [0, 0.1) is 0 Å². The van der Waals surface area contributed by atoms with Crippen molar-refractivity contribution < 1.29 is 17.9 Å². The lowest BCUT2D eigenvalue weighted by atomic mass is 10.1. The van der Waals surface area contributed by atoms with Gasteiger partial charge < -0.3 is 15.4 Å². The van der Waals surface area contributed by atoms with Crippen LogP contribution >= 0.6 is 0 Å². The van der Waals surface area contributed by atoms with Gasteiger partial charge in [-0.1, -0.05) is 19.4 Å². The van der Waals surface area contributed by atoms with Crippen LogP contribution in [0.2, 0.25) is 0 Å². The van der Waals surface area contributed by atoms with E-state index < -0.39 is 15.9 Å². The van der Waals surface area contributed by atoms with Gasteiger partial charge in [0.25, 0.3) is 0 Å². The smallest absolute Gasteiger partial charge is 0.239 e. The molecule has 130 valence electrons. The summed E-state index contributed by atoms with van der Waals surface area (Å²) in [6, 6.07) is 5.94. The molecule has 1 unspecified atom stereocenters. The van der Waals surface area contributed by atoms with E-state index in [2.05, 4.69) is 0 Å². The fourth-order valence-corrected chi connectivity index (χ4v) is 2.77. The number of nitrogens with two attached hydrogens (primary N) is 1. The van der Waals surface area contributed by atoms with Crippen molar-refractivity contribution in [3.8, 4) is 5.75 Å². The van der Waals surface area contributed by atoms with Gasteiger partial charge in [0, 0.05) is 19.8 Å². The van der Waals surface area contributed by atoms with Gasteiger partial charge in [0.15, 0.2) is 9.84 Å². The lowest BCUT2D eigenvalue weighted by Crippen LogP contribution is -2.42. The molecule has 0 heterocycles. The fraction of sp³-hybridized carbons (Fsp3) is 0.562. The second kappa shape index (κ2) is 8.88. The predicted molar refractivity (Wildman–Crippen MR) is 90.2 cm³/mol. The highest BCUT2D eigenvalue weighted by Crippen LogP contribution is 2.17. The van der Waals surface area contributed by atoms with Crippen molar-refractivity contribution in [3.05, 3.63) is 24.3 Å². The maximum Gasteiger partial charge on any atom is 0.239 e. The maximum atomic E-state index is 11.9. The van der Waals surface area contributed by atoms with E-state index in [1.165, 1.54) is 12.1 Å². The van der Waals surface area contributed by atoms with Gasteiger partial charge in [0.05, 0.1) is 17.5 Å². The third-order valence-electron chi connectivity index (χ3n) is 3.43. The number of ether oxygens (including phenoxy) is 1. The van der Waals surface area contributed by atoms with E-state index in [0.717, 1.165) is 12.7 Å². The summed E-state index contributed by atoms with van der Waals surface area (Å²) in [5.41, 5.74) is 5.80. The number of hydrogen-bond donors (Lipinski definition) is 1. The van der Waals surface area contributed by atoms with Crippen molar-refractivity contribution >= 4 is 15.7 Å². The van der Waals surface area contributed by atoms with Crippen LogP contribution in [-0.4, -0.2) is 51.7 Å². The lowest BCUT2D eigenvalue weighted by molar-refractivity contribution is -0.131. The van der Waals surface area contributed by atoms with Gasteiger partial charge in [-0.2, -0.15) is 0 Å². The van der Waals surface area contributed by atoms with Crippen LogP contribution in [0.1, 0.15) is 26.2 Å². The maximum absolute atomic E-state index is 11.9. The van der Waals surface area contributed by atoms with E-state index in [1.54, 1.807) is 24.1 Å². The molecule has 0 bridgehead atoms. The molecule has 6 nitrogen and oxygen atoms in total. The number of carbonyl (C=O) groups excluding carboxylic acids is 1. The molecule has 0 fully saturated rings. The Balaban J connectivity index is 2.42.